The lowest BCUT2D eigenvalue weighted by Crippen LogP contribution is -2.70. The average molecular weight is 647 g/mol. The van der Waals surface area contributed by atoms with Gasteiger partial charge in [0.05, 0.1) is 18.5 Å². The Kier molecular flexibility index (Phi) is 8.70. The van der Waals surface area contributed by atoms with Gasteiger partial charge in [0.2, 0.25) is 16.9 Å². The van der Waals surface area contributed by atoms with Gasteiger partial charge in [-0.15, -0.1) is 23.1 Å². The molecule has 4 aromatic rings. The Morgan fingerprint density at radius 1 is 1.05 bits per heavy atom. The summed E-state index contributed by atoms with van der Waals surface area (Å²) in [5.74, 6) is -0.471. The van der Waals surface area contributed by atoms with Crippen LogP contribution in [0.15, 0.2) is 88.6 Å². The van der Waals surface area contributed by atoms with Crippen LogP contribution in [0.25, 0.3) is 5.57 Å². The van der Waals surface area contributed by atoms with Crippen LogP contribution in [0.1, 0.15) is 33.5 Å². The van der Waals surface area contributed by atoms with Gasteiger partial charge in [0.1, 0.15) is 28.2 Å². The van der Waals surface area contributed by atoms with Gasteiger partial charge < -0.3 is 15.8 Å². The Hall–Kier alpha value is -3.84. The fraction of sp³-hybridized carbons (Fsp3) is 0.194. The molecule has 0 spiro atoms. The number of β-lactam (4-membered cyclic amide) rings is 1. The lowest BCUT2D eigenvalue weighted by atomic mass is 10.0. The maximum absolute atomic E-state index is 13.7. The van der Waals surface area contributed by atoms with Gasteiger partial charge in [0.25, 0.3) is 5.91 Å². The van der Waals surface area contributed by atoms with E-state index in [-0.39, 0.29) is 35.1 Å². The Morgan fingerprint density at radius 2 is 1.74 bits per heavy atom. The molecule has 0 saturated carbocycles. The highest BCUT2D eigenvalue weighted by Gasteiger charge is 2.54. The van der Waals surface area contributed by atoms with E-state index in [1.54, 1.807) is 10.3 Å². The largest absolute Gasteiger partial charge is 0.469 e. The highest BCUT2D eigenvalue weighted by molar-refractivity contribution is 8.00. The number of carbonyl (C=O) groups excluding carboxylic acids is 3. The molecule has 2 aliphatic rings. The number of amides is 3. The number of hydrogen-bond acceptors (Lipinski definition) is 9. The molecule has 3 N–H and O–H groups in total. The van der Waals surface area contributed by atoms with Crippen molar-refractivity contribution in [2.75, 3.05) is 5.75 Å². The monoisotopic (exact) mass is 646 g/mol. The van der Waals surface area contributed by atoms with Crippen LogP contribution in [0.2, 0.25) is 0 Å². The van der Waals surface area contributed by atoms with Crippen LogP contribution in [-0.4, -0.2) is 49.8 Å². The quantitative estimate of drug-likeness (QED) is 0.189. The van der Waals surface area contributed by atoms with Gasteiger partial charge in [0.15, 0.2) is 0 Å². The van der Waals surface area contributed by atoms with Gasteiger partial charge in [-0.05, 0) is 45.7 Å². The molecule has 0 aliphatic carbocycles. The molecule has 0 bridgehead atoms. The Bertz CT molecular complexity index is 1650. The van der Waals surface area contributed by atoms with E-state index in [1.165, 1.54) is 34.4 Å². The molecule has 0 radical (unpaired) electrons. The minimum Gasteiger partial charge on any atom is -0.469 e. The van der Waals surface area contributed by atoms with Crippen LogP contribution in [0, 0.1) is 0 Å². The minimum atomic E-state index is -0.684. The van der Waals surface area contributed by atoms with Gasteiger partial charge in [-0.25, -0.2) is 4.98 Å². The molecule has 6 rings (SSSR count). The zero-order valence-electron chi connectivity index (χ0n) is 22.7. The predicted molar refractivity (Wildman–Crippen MR) is 173 cm³/mol. The van der Waals surface area contributed by atoms with E-state index in [9.17, 15) is 14.4 Å². The number of thioether (sulfide) groups is 1. The molecule has 0 unspecified atom stereocenters. The third-order valence-corrected chi connectivity index (χ3v) is 10.3. The summed E-state index contributed by atoms with van der Waals surface area (Å²) >= 11 is 10.4. The Balaban J connectivity index is 1.33. The van der Waals surface area contributed by atoms with Crippen LogP contribution in [0.5, 0.6) is 0 Å². The third-order valence-electron chi connectivity index (χ3n) is 7.02. The molecule has 2 atom stereocenters. The summed E-state index contributed by atoms with van der Waals surface area (Å²) in [7, 11) is 0. The summed E-state index contributed by atoms with van der Waals surface area (Å²) in [5, 5.41) is 8.98. The number of fused-ring (bicyclic) bond motifs is 1. The van der Waals surface area contributed by atoms with E-state index in [4.69, 9.17) is 22.7 Å². The molecule has 4 heterocycles. The number of carbonyl (C=O) groups is 3. The number of nitrogens with zero attached hydrogens (tertiary/aromatic N) is 2. The lowest BCUT2D eigenvalue weighted by Gasteiger charge is -2.50. The molecular formula is C31H26N4O4S4. The topological polar surface area (TPSA) is 115 Å². The van der Waals surface area contributed by atoms with E-state index in [1.807, 2.05) is 77.5 Å². The lowest BCUT2D eigenvalue weighted by molar-refractivity contribution is -0.145. The first-order valence-corrected chi connectivity index (χ1v) is 16.7. The number of primary amides is 1. The van der Waals surface area contributed by atoms with Crippen LogP contribution in [0.3, 0.4) is 0 Å². The van der Waals surface area contributed by atoms with E-state index in [0.29, 0.717) is 22.2 Å². The van der Waals surface area contributed by atoms with Crippen molar-refractivity contribution in [1.29, 1.82) is 0 Å². The highest BCUT2D eigenvalue weighted by Crippen LogP contribution is 2.45. The third kappa shape index (κ3) is 6.28. The van der Waals surface area contributed by atoms with Crippen molar-refractivity contribution >= 4 is 75.0 Å². The summed E-state index contributed by atoms with van der Waals surface area (Å²) in [6, 6.07) is 20.7. The maximum Gasteiger partial charge on any atom is 0.253 e. The van der Waals surface area contributed by atoms with Crippen molar-refractivity contribution in [3.05, 3.63) is 116 Å². The second-order valence-corrected chi connectivity index (χ2v) is 13.1. The van der Waals surface area contributed by atoms with Crippen molar-refractivity contribution in [1.82, 2.24) is 15.2 Å². The number of thiazole rings is 1. The zero-order chi connectivity index (χ0) is 29.9. The average Bonchev–Trinajstić information content (AvgIpc) is 3.70. The maximum atomic E-state index is 13.7. The fourth-order valence-corrected chi connectivity index (χ4v) is 8.32. The van der Waals surface area contributed by atoms with E-state index >= 15 is 0 Å². The Labute approximate surface area is 266 Å². The summed E-state index contributed by atoms with van der Waals surface area (Å²) in [6.45, 7) is 0. The van der Waals surface area contributed by atoms with E-state index in [2.05, 4.69) is 10.3 Å². The number of hydrogen-bond donors (Lipinski definition) is 2. The molecule has 3 amide bonds. The van der Waals surface area contributed by atoms with Gasteiger partial charge in [-0.1, -0.05) is 60.7 Å². The summed E-state index contributed by atoms with van der Waals surface area (Å²) in [6.07, 6.45) is -0.297. The molecule has 2 aromatic carbocycles. The molecule has 2 aromatic heterocycles. The van der Waals surface area contributed by atoms with E-state index < -0.39 is 18.1 Å². The van der Waals surface area contributed by atoms with Crippen LogP contribution in [0.4, 0.5) is 0 Å². The fourth-order valence-electron chi connectivity index (χ4n) is 5.03. The SMILES string of the molecule is NC(=O)Cc1csc(C2=C(C(=S)OC(c3ccccc3)c3ccccc3)N3C(=O)[C@@H](NC(=O)Cc4ccsc4)[C@H]3SC2)n1. The van der Waals surface area contributed by atoms with Gasteiger partial charge in [-0.2, -0.15) is 11.3 Å². The van der Waals surface area contributed by atoms with Crippen LogP contribution < -0.4 is 11.1 Å². The number of nitrogens with two attached hydrogens (primary N) is 1. The first kappa shape index (κ1) is 29.2. The summed E-state index contributed by atoms with van der Waals surface area (Å²) in [5.41, 5.74) is 9.88. The first-order chi connectivity index (χ1) is 20.9. The second-order valence-electron chi connectivity index (χ2n) is 9.98. The molecule has 218 valence electrons. The number of aromatic nitrogens is 1. The number of rotatable bonds is 10. The smallest absolute Gasteiger partial charge is 0.253 e. The number of nitrogens with one attached hydrogen (secondary N) is 1. The number of thiophene rings is 1. The van der Waals surface area contributed by atoms with Crippen molar-refractivity contribution in [3.8, 4) is 0 Å². The van der Waals surface area contributed by atoms with Gasteiger partial charge >= 0.3 is 0 Å². The van der Waals surface area contributed by atoms with Gasteiger partial charge in [-0.3, -0.25) is 19.3 Å². The molecule has 2 aliphatic heterocycles. The standard InChI is InChI=1S/C31H26N4O4S4/c32-23(36)14-21-16-42-28(33-21)22-17-43-30-25(34-24(37)13-18-11-12-41-15-18)29(38)35(30)26(22)31(40)39-27(19-7-3-1-4-8-19)20-9-5-2-6-10-20/h1-12,15-16,25,27,30H,13-14,17H2,(H2,32,36)(H,34,37)/t25-,30-/m1/s1. The van der Waals surface area contributed by atoms with Gasteiger partial charge in [0, 0.05) is 16.7 Å². The molecular weight excluding hydrogens is 621 g/mol. The normalized spacial score (nSPS) is 17.8. The summed E-state index contributed by atoms with van der Waals surface area (Å²) < 4.78 is 6.56. The molecule has 12 heteroatoms. The highest BCUT2D eigenvalue weighted by atomic mass is 32.2. The summed E-state index contributed by atoms with van der Waals surface area (Å²) in [4.78, 5) is 44.3. The molecule has 1 saturated heterocycles. The number of ether oxygens (including phenoxy) is 1. The second kappa shape index (κ2) is 12.8. The van der Waals surface area contributed by atoms with Crippen LogP contribution in [-0.2, 0) is 32.0 Å². The van der Waals surface area contributed by atoms with Crippen molar-refractivity contribution in [3.63, 3.8) is 0 Å². The zero-order valence-corrected chi connectivity index (χ0v) is 25.9. The molecule has 1 fully saturated rings. The van der Waals surface area contributed by atoms with Crippen LogP contribution >= 0.6 is 46.7 Å². The van der Waals surface area contributed by atoms with Crippen molar-refractivity contribution in [2.24, 2.45) is 5.73 Å². The first-order valence-electron chi connectivity index (χ1n) is 13.4. The molecule has 8 nitrogen and oxygen atoms in total. The number of thiocarbonyl (C=S) groups is 1. The van der Waals surface area contributed by atoms with Crippen molar-refractivity contribution in [2.45, 2.75) is 30.4 Å². The predicted octanol–water partition coefficient (Wildman–Crippen LogP) is 4.72. The minimum absolute atomic E-state index is 0.0147. The Morgan fingerprint density at radius 3 is 2.37 bits per heavy atom. The number of benzene rings is 2. The van der Waals surface area contributed by atoms with Crippen molar-refractivity contribution < 1.29 is 19.1 Å². The van der Waals surface area contributed by atoms with E-state index in [0.717, 1.165) is 22.3 Å². The molecule has 43 heavy (non-hydrogen) atoms.